The van der Waals surface area contributed by atoms with Crippen LogP contribution in [0.25, 0.3) is 16.3 Å². The number of halogens is 1. The van der Waals surface area contributed by atoms with E-state index in [0.717, 1.165) is 20.2 Å². The summed E-state index contributed by atoms with van der Waals surface area (Å²) in [6.45, 7) is 3.66. The van der Waals surface area contributed by atoms with Gasteiger partial charge in [0.25, 0.3) is 0 Å². The fourth-order valence-corrected chi connectivity index (χ4v) is 1.97. The number of nitrogens with zero attached hydrogens (tertiary/aromatic N) is 1. The molecule has 1 heterocycles. The Morgan fingerprint density at radius 1 is 1.50 bits per heavy atom. The molecule has 1 aromatic heterocycles. The molecule has 0 fully saturated rings. The monoisotopic (exact) mass is 195 g/mol. The quantitative estimate of drug-likeness (QED) is 0.678. The summed E-state index contributed by atoms with van der Waals surface area (Å²) < 4.78 is 1.15. The molecule has 1 aromatic carbocycles. The van der Waals surface area contributed by atoms with E-state index in [1.165, 1.54) is 0 Å². The molecule has 12 heavy (non-hydrogen) atoms. The van der Waals surface area contributed by atoms with E-state index in [4.69, 9.17) is 11.6 Å². The molecule has 0 aliphatic rings. The molecule has 0 atom stereocenters. The lowest BCUT2D eigenvalue weighted by Crippen LogP contribution is -1.68. The largest absolute Gasteiger partial charge is 0.237 e. The van der Waals surface area contributed by atoms with Gasteiger partial charge in [-0.1, -0.05) is 18.2 Å². The summed E-state index contributed by atoms with van der Waals surface area (Å²) in [5.74, 6) is 0. The smallest absolute Gasteiger partial charge is 0.116 e. The highest BCUT2D eigenvalue weighted by Crippen LogP contribution is 2.25. The van der Waals surface area contributed by atoms with E-state index >= 15 is 0 Å². The van der Waals surface area contributed by atoms with E-state index < -0.39 is 0 Å². The third-order valence-electron chi connectivity index (χ3n) is 1.54. The Morgan fingerprint density at radius 2 is 2.33 bits per heavy atom. The highest BCUT2D eigenvalue weighted by atomic mass is 35.5. The van der Waals surface area contributed by atoms with Crippen molar-refractivity contribution < 1.29 is 0 Å². The van der Waals surface area contributed by atoms with Crippen LogP contribution < -0.4 is 0 Å². The van der Waals surface area contributed by atoms with Crippen LogP contribution in [0, 0.1) is 0 Å². The van der Waals surface area contributed by atoms with Crippen LogP contribution in [0.4, 0.5) is 0 Å². The van der Waals surface area contributed by atoms with Crippen LogP contribution in [-0.2, 0) is 0 Å². The molecule has 0 amide bonds. The van der Waals surface area contributed by atoms with Gasteiger partial charge in [-0.25, -0.2) is 4.98 Å². The van der Waals surface area contributed by atoms with Crippen molar-refractivity contribution in [1.29, 1.82) is 0 Å². The van der Waals surface area contributed by atoms with Gasteiger partial charge in [-0.05, 0) is 24.3 Å². The van der Waals surface area contributed by atoms with Gasteiger partial charge in [0.05, 0.1) is 10.2 Å². The first-order valence-corrected chi connectivity index (χ1v) is 4.67. The summed E-state index contributed by atoms with van der Waals surface area (Å²) in [5.41, 5.74) is 0.947. The molecular formula is C9H6ClNS. The Labute approximate surface area is 79.3 Å². The zero-order chi connectivity index (χ0) is 8.55. The van der Waals surface area contributed by atoms with Crippen LogP contribution >= 0.6 is 22.9 Å². The maximum Gasteiger partial charge on any atom is 0.116 e. The van der Waals surface area contributed by atoms with Crippen molar-refractivity contribution in [2.75, 3.05) is 0 Å². The predicted octanol–water partition coefficient (Wildman–Crippen LogP) is 3.59. The van der Waals surface area contributed by atoms with Crippen LogP contribution in [0.5, 0.6) is 0 Å². The second-order valence-electron chi connectivity index (χ2n) is 2.37. The van der Waals surface area contributed by atoms with Gasteiger partial charge in [-0.15, -0.1) is 11.3 Å². The Balaban J connectivity index is 2.75. The lowest BCUT2D eigenvalue weighted by Gasteiger charge is -1.86. The van der Waals surface area contributed by atoms with Gasteiger partial charge < -0.3 is 0 Å². The zero-order valence-electron chi connectivity index (χ0n) is 6.25. The van der Waals surface area contributed by atoms with Gasteiger partial charge in [0.15, 0.2) is 0 Å². The molecule has 60 valence electrons. The highest BCUT2D eigenvalue weighted by Gasteiger charge is 2.00. The van der Waals surface area contributed by atoms with Gasteiger partial charge in [0.2, 0.25) is 0 Å². The van der Waals surface area contributed by atoms with E-state index in [2.05, 4.69) is 11.6 Å². The summed E-state index contributed by atoms with van der Waals surface area (Å²) in [7, 11) is 0. The van der Waals surface area contributed by atoms with Gasteiger partial charge >= 0.3 is 0 Å². The Kier molecular flexibility index (Phi) is 1.87. The molecule has 0 N–H and O–H groups in total. The summed E-state index contributed by atoms with van der Waals surface area (Å²) in [6.07, 6.45) is 1.75. The van der Waals surface area contributed by atoms with E-state index in [9.17, 15) is 0 Å². The van der Waals surface area contributed by atoms with E-state index in [0.29, 0.717) is 0 Å². The first kappa shape index (κ1) is 7.77. The normalized spacial score (nSPS) is 10.4. The Morgan fingerprint density at radius 3 is 3.08 bits per heavy atom. The number of thiazole rings is 1. The molecule has 0 aliphatic heterocycles. The molecule has 0 aliphatic carbocycles. The number of fused-ring (bicyclic) bond motifs is 1. The summed E-state index contributed by atoms with van der Waals surface area (Å²) in [5, 5.41) is 1.66. The molecule has 0 unspecified atom stereocenters. The predicted molar refractivity (Wildman–Crippen MR) is 54.7 cm³/mol. The summed E-state index contributed by atoms with van der Waals surface area (Å²) in [6, 6.07) is 5.71. The first-order chi connectivity index (χ1) is 5.79. The minimum Gasteiger partial charge on any atom is -0.237 e. The van der Waals surface area contributed by atoms with Crippen LogP contribution in [0.1, 0.15) is 5.01 Å². The lowest BCUT2D eigenvalue weighted by atomic mass is 10.3. The van der Waals surface area contributed by atoms with Gasteiger partial charge in [0.1, 0.15) is 5.01 Å². The van der Waals surface area contributed by atoms with E-state index in [1.807, 2.05) is 18.2 Å². The van der Waals surface area contributed by atoms with Gasteiger partial charge in [0, 0.05) is 5.02 Å². The molecule has 1 nitrogen and oxygen atoms in total. The molecule has 0 saturated heterocycles. The molecular weight excluding hydrogens is 190 g/mol. The SMILES string of the molecule is C=Cc1nc2cc(Cl)ccc2s1. The average molecular weight is 196 g/mol. The second kappa shape index (κ2) is 2.88. The highest BCUT2D eigenvalue weighted by molar-refractivity contribution is 7.19. The molecule has 3 heteroatoms. The minimum absolute atomic E-state index is 0.725. The van der Waals surface area contributed by atoms with Crippen molar-refractivity contribution >= 4 is 39.2 Å². The van der Waals surface area contributed by atoms with Crippen molar-refractivity contribution in [3.05, 3.63) is 34.8 Å². The number of hydrogen-bond acceptors (Lipinski definition) is 2. The van der Waals surface area contributed by atoms with Crippen molar-refractivity contribution in [2.24, 2.45) is 0 Å². The minimum atomic E-state index is 0.725. The number of benzene rings is 1. The lowest BCUT2D eigenvalue weighted by molar-refractivity contribution is 1.46. The average Bonchev–Trinajstić information content (AvgIpc) is 2.46. The van der Waals surface area contributed by atoms with Crippen LogP contribution in [0.2, 0.25) is 5.02 Å². The van der Waals surface area contributed by atoms with Crippen molar-refractivity contribution in [3.8, 4) is 0 Å². The number of aromatic nitrogens is 1. The van der Waals surface area contributed by atoms with Crippen molar-refractivity contribution in [1.82, 2.24) is 4.98 Å². The van der Waals surface area contributed by atoms with E-state index in [-0.39, 0.29) is 0 Å². The maximum atomic E-state index is 5.81. The second-order valence-corrected chi connectivity index (χ2v) is 3.87. The standard InChI is InChI=1S/C9H6ClNS/c1-2-9-11-7-5-6(10)3-4-8(7)12-9/h2-5H,1H2. The molecule has 0 spiro atoms. The topological polar surface area (TPSA) is 12.9 Å². The third-order valence-corrected chi connectivity index (χ3v) is 2.81. The maximum absolute atomic E-state index is 5.81. The molecule has 0 saturated carbocycles. The third kappa shape index (κ3) is 1.24. The fourth-order valence-electron chi connectivity index (χ4n) is 1.01. The number of rotatable bonds is 1. The molecule has 0 bridgehead atoms. The molecule has 2 rings (SSSR count). The molecule has 0 radical (unpaired) electrons. The van der Waals surface area contributed by atoms with Crippen LogP contribution in [0.15, 0.2) is 24.8 Å². The van der Waals surface area contributed by atoms with Crippen molar-refractivity contribution in [2.45, 2.75) is 0 Å². The first-order valence-electron chi connectivity index (χ1n) is 3.48. The molecule has 2 aromatic rings. The van der Waals surface area contributed by atoms with Crippen molar-refractivity contribution in [3.63, 3.8) is 0 Å². The van der Waals surface area contributed by atoms with Gasteiger partial charge in [-0.2, -0.15) is 0 Å². The number of hydrogen-bond donors (Lipinski definition) is 0. The summed E-state index contributed by atoms with van der Waals surface area (Å²) in [4.78, 5) is 4.31. The van der Waals surface area contributed by atoms with Gasteiger partial charge in [-0.3, -0.25) is 0 Å². The fraction of sp³-hybridized carbons (Fsp3) is 0. The zero-order valence-corrected chi connectivity index (χ0v) is 7.82. The van der Waals surface area contributed by atoms with E-state index in [1.54, 1.807) is 17.4 Å². The van der Waals surface area contributed by atoms with Crippen LogP contribution in [0.3, 0.4) is 0 Å². The Bertz CT molecular complexity index is 433. The van der Waals surface area contributed by atoms with Crippen LogP contribution in [-0.4, -0.2) is 4.98 Å². The Hall–Kier alpha value is -0.860. The summed E-state index contributed by atoms with van der Waals surface area (Å²) >= 11 is 7.43.